The van der Waals surface area contributed by atoms with Crippen LogP contribution in [-0.4, -0.2) is 34.2 Å². The van der Waals surface area contributed by atoms with Gasteiger partial charge in [0.1, 0.15) is 0 Å². The van der Waals surface area contributed by atoms with Gasteiger partial charge in [-0.25, -0.2) is 0 Å². The molecule has 1 aliphatic heterocycles. The molecule has 0 amide bonds. The van der Waals surface area contributed by atoms with Crippen molar-refractivity contribution in [3.8, 4) is 0 Å². The van der Waals surface area contributed by atoms with Crippen LogP contribution in [0.3, 0.4) is 0 Å². The summed E-state index contributed by atoms with van der Waals surface area (Å²) in [5.74, 6) is -0.344. The second kappa shape index (κ2) is 6.68. The molecule has 0 aliphatic carbocycles. The lowest BCUT2D eigenvalue weighted by atomic mass is 9.93. The fourth-order valence-corrected chi connectivity index (χ4v) is 2.60. The maximum atomic E-state index is 10.7. The molecule has 1 heterocycles. The number of nitrogens with zero attached hydrogens (tertiary/aromatic N) is 1. The molecule has 1 aromatic carbocycles. The Morgan fingerprint density at radius 3 is 2.26 bits per heavy atom. The normalized spacial score (nSPS) is 17.5. The third kappa shape index (κ3) is 4.33. The maximum Gasteiger partial charge on any atom is 0.303 e. The highest BCUT2D eigenvalue weighted by molar-refractivity contribution is 5.67. The topological polar surface area (TPSA) is 60.8 Å². The smallest absolute Gasteiger partial charge is 0.303 e. The zero-order valence-corrected chi connectivity index (χ0v) is 11.1. The first-order valence-corrected chi connectivity index (χ1v) is 6.80. The molecular weight excluding hydrogens is 242 g/mol. The second-order valence-corrected chi connectivity index (χ2v) is 5.29. The molecule has 4 heteroatoms. The van der Waals surface area contributed by atoms with Crippen molar-refractivity contribution in [1.29, 1.82) is 0 Å². The number of carbonyl (C=O) groups is 1. The lowest BCUT2D eigenvalue weighted by Gasteiger charge is -2.31. The second-order valence-electron chi connectivity index (χ2n) is 5.29. The van der Waals surface area contributed by atoms with Crippen molar-refractivity contribution < 1.29 is 15.0 Å². The van der Waals surface area contributed by atoms with E-state index in [1.807, 2.05) is 12.1 Å². The molecule has 0 atom stereocenters. The minimum atomic E-state index is -0.682. The molecule has 1 fully saturated rings. The minimum absolute atomic E-state index is 0.0842. The Hall–Kier alpha value is -1.39. The van der Waals surface area contributed by atoms with E-state index in [2.05, 4.69) is 17.0 Å². The minimum Gasteiger partial charge on any atom is -0.481 e. The first-order valence-electron chi connectivity index (χ1n) is 6.80. The molecule has 0 spiro atoms. The van der Waals surface area contributed by atoms with Gasteiger partial charge >= 0.3 is 5.97 Å². The number of aliphatic hydroxyl groups excluding tert-OH is 1. The van der Waals surface area contributed by atoms with Gasteiger partial charge in [0.2, 0.25) is 0 Å². The Balaban J connectivity index is 1.80. The van der Waals surface area contributed by atoms with Crippen LogP contribution in [0.15, 0.2) is 24.3 Å². The SMILES string of the molecule is O=C(O)CC1CCN(Cc2ccc(CO)cc2)CC1. The molecule has 2 N–H and O–H groups in total. The molecule has 0 radical (unpaired) electrons. The van der Waals surface area contributed by atoms with Crippen molar-refractivity contribution in [2.75, 3.05) is 13.1 Å². The zero-order valence-electron chi connectivity index (χ0n) is 11.1. The number of hydrogen-bond donors (Lipinski definition) is 2. The molecule has 104 valence electrons. The third-order valence-electron chi connectivity index (χ3n) is 3.78. The Kier molecular flexibility index (Phi) is 4.93. The van der Waals surface area contributed by atoms with Gasteiger partial charge in [0, 0.05) is 13.0 Å². The Morgan fingerprint density at radius 2 is 1.74 bits per heavy atom. The molecule has 0 unspecified atom stereocenters. The zero-order chi connectivity index (χ0) is 13.7. The molecule has 4 nitrogen and oxygen atoms in total. The average molecular weight is 263 g/mol. The number of likely N-dealkylation sites (tertiary alicyclic amines) is 1. The van der Waals surface area contributed by atoms with Gasteiger partial charge in [0.15, 0.2) is 0 Å². The van der Waals surface area contributed by atoms with E-state index in [4.69, 9.17) is 10.2 Å². The van der Waals surface area contributed by atoms with Gasteiger partial charge in [-0.15, -0.1) is 0 Å². The molecule has 19 heavy (non-hydrogen) atoms. The van der Waals surface area contributed by atoms with Crippen LogP contribution in [0.25, 0.3) is 0 Å². The van der Waals surface area contributed by atoms with Crippen molar-refractivity contribution in [3.05, 3.63) is 35.4 Å². The summed E-state index contributed by atoms with van der Waals surface area (Å²) in [4.78, 5) is 13.0. The summed E-state index contributed by atoms with van der Waals surface area (Å²) in [6.07, 6.45) is 2.25. The lowest BCUT2D eigenvalue weighted by molar-refractivity contribution is -0.138. The van der Waals surface area contributed by atoms with Gasteiger partial charge in [-0.05, 0) is 43.0 Å². The van der Waals surface area contributed by atoms with Gasteiger partial charge < -0.3 is 10.2 Å². The summed E-state index contributed by atoms with van der Waals surface area (Å²) in [5.41, 5.74) is 2.18. The van der Waals surface area contributed by atoms with E-state index in [-0.39, 0.29) is 6.61 Å². The van der Waals surface area contributed by atoms with Crippen molar-refractivity contribution in [1.82, 2.24) is 4.90 Å². The van der Waals surface area contributed by atoms with Crippen molar-refractivity contribution in [2.45, 2.75) is 32.4 Å². The number of rotatable bonds is 5. The third-order valence-corrected chi connectivity index (χ3v) is 3.78. The van der Waals surface area contributed by atoms with Crippen LogP contribution in [0, 0.1) is 5.92 Å². The number of piperidine rings is 1. The fraction of sp³-hybridized carbons (Fsp3) is 0.533. The molecule has 0 aromatic heterocycles. The predicted octanol–water partition coefficient (Wildman–Crippen LogP) is 1.87. The highest BCUT2D eigenvalue weighted by atomic mass is 16.4. The van der Waals surface area contributed by atoms with Crippen LogP contribution >= 0.6 is 0 Å². The number of aliphatic carboxylic acids is 1. The van der Waals surface area contributed by atoms with E-state index >= 15 is 0 Å². The number of aliphatic hydroxyl groups is 1. The van der Waals surface area contributed by atoms with Crippen LogP contribution in [-0.2, 0) is 17.9 Å². The van der Waals surface area contributed by atoms with Gasteiger partial charge in [-0.2, -0.15) is 0 Å². The van der Waals surface area contributed by atoms with E-state index in [0.29, 0.717) is 12.3 Å². The van der Waals surface area contributed by atoms with Crippen LogP contribution in [0.2, 0.25) is 0 Å². The van der Waals surface area contributed by atoms with Gasteiger partial charge in [-0.1, -0.05) is 24.3 Å². The van der Waals surface area contributed by atoms with Crippen LogP contribution in [0.4, 0.5) is 0 Å². The Morgan fingerprint density at radius 1 is 1.16 bits per heavy atom. The standard InChI is InChI=1S/C15H21NO3/c17-11-14-3-1-13(2-4-14)10-16-7-5-12(6-8-16)9-15(18)19/h1-4,12,17H,5-11H2,(H,18,19). The quantitative estimate of drug-likeness (QED) is 0.851. The first-order chi connectivity index (χ1) is 9.17. The molecular formula is C15H21NO3. The number of hydrogen-bond acceptors (Lipinski definition) is 3. The molecule has 0 bridgehead atoms. The summed E-state index contributed by atoms with van der Waals surface area (Å²) in [5, 5.41) is 17.8. The van der Waals surface area contributed by atoms with Crippen molar-refractivity contribution >= 4 is 5.97 Å². The molecule has 1 saturated heterocycles. The van der Waals surface area contributed by atoms with Crippen LogP contribution in [0.1, 0.15) is 30.4 Å². The lowest BCUT2D eigenvalue weighted by Crippen LogP contribution is -2.33. The summed E-state index contributed by atoms with van der Waals surface area (Å²) in [6.45, 7) is 2.94. The predicted molar refractivity (Wildman–Crippen MR) is 72.6 cm³/mol. The van der Waals surface area contributed by atoms with E-state index in [1.54, 1.807) is 0 Å². The fourth-order valence-electron chi connectivity index (χ4n) is 2.60. The summed E-state index contributed by atoms with van der Waals surface area (Å²) in [6, 6.07) is 8.00. The number of carboxylic acid groups (broad SMARTS) is 1. The largest absolute Gasteiger partial charge is 0.481 e. The summed E-state index contributed by atoms with van der Waals surface area (Å²) >= 11 is 0. The first kappa shape index (κ1) is 14.0. The molecule has 2 rings (SSSR count). The van der Waals surface area contributed by atoms with E-state index in [1.165, 1.54) is 5.56 Å². The van der Waals surface area contributed by atoms with E-state index in [9.17, 15) is 4.79 Å². The summed E-state index contributed by atoms with van der Waals surface area (Å²) < 4.78 is 0. The monoisotopic (exact) mass is 263 g/mol. The van der Waals surface area contributed by atoms with Crippen LogP contribution in [0.5, 0.6) is 0 Å². The van der Waals surface area contributed by atoms with E-state index in [0.717, 1.165) is 38.0 Å². The number of carboxylic acids is 1. The Bertz CT molecular complexity index is 408. The molecule has 0 saturated carbocycles. The van der Waals surface area contributed by atoms with Gasteiger partial charge in [0.25, 0.3) is 0 Å². The highest BCUT2D eigenvalue weighted by Gasteiger charge is 2.21. The maximum absolute atomic E-state index is 10.7. The van der Waals surface area contributed by atoms with Crippen LogP contribution < -0.4 is 0 Å². The number of benzene rings is 1. The summed E-state index contributed by atoms with van der Waals surface area (Å²) in [7, 11) is 0. The van der Waals surface area contributed by atoms with Crippen molar-refractivity contribution in [3.63, 3.8) is 0 Å². The molecule has 1 aliphatic rings. The van der Waals surface area contributed by atoms with Crippen molar-refractivity contribution in [2.24, 2.45) is 5.92 Å². The van der Waals surface area contributed by atoms with E-state index < -0.39 is 5.97 Å². The highest BCUT2D eigenvalue weighted by Crippen LogP contribution is 2.21. The van der Waals surface area contributed by atoms with Gasteiger partial charge in [0.05, 0.1) is 6.61 Å². The molecule has 1 aromatic rings. The average Bonchev–Trinajstić information content (AvgIpc) is 2.41. The van der Waals surface area contributed by atoms with Gasteiger partial charge in [-0.3, -0.25) is 9.69 Å². The Labute approximate surface area is 113 Å².